The first-order valence-electron chi connectivity index (χ1n) is 13.6. The average Bonchev–Trinajstić information content (AvgIpc) is 3.33. The zero-order valence-electron chi connectivity index (χ0n) is 21.9. The molecule has 8 rings (SSSR count). The monoisotopic (exact) mass is 543 g/mol. The molecule has 1 spiro atoms. The third-order valence-corrected chi connectivity index (χ3v) is 8.79. The third kappa shape index (κ3) is 3.31. The molecular formula is C38H22ClNO. The molecule has 3 heteroatoms. The van der Waals surface area contributed by atoms with Crippen LogP contribution in [0.5, 0.6) is 11.5 Å². The van der Waals surface area contributed by atoms with Gasteiger partial charge < -0.3 is 4.74 Å². The summed E-state index contributed by atoms with van der Waals surface area (Å²) in [6.07, 6.45) is 0. The Hall–Kier alpha value is -5.10. The Kier molecular flexibility index (Phi) is 5.19. The molecule has 192 valence electrons. The molecule has 1 aliphatic heterocycles. The van der Waals surface area contributed by atoms with Crippen LogP contribution in [0.3, 0.4) is 0 Å². The number of benzene rings is 6. The van der Waals surface area contributed by atoms with Gasteiger partial charge in [-0.05, 0) is 57.1 Å². The second-order valence-corrected chi connectivity index (χ2v) is 10.9. The van der Waals surface area contributed by atoms with E-state index in [9.17, 15) is 0 Å². The van der Waals surface area contributed by atoms with E-state index < -0.39 is 5.41 Å². The molecule has 2 nitrogen and oxygen atoms in total. The summed E-state index contributed by atoms with van der Waals surface area (Å²) in [6.45, 7) is 0. The zero-order valence-corrected chi connectivity index (χ0v) is 22.7. The highest BCUT2D eigenvalue weighted by atomic mass is 35.5. The molecule has 6 aromatic carbocycles. The molecule has 0 fully saturated rings. The van der Waals surface area contributed by atoms with Gasteiger partial charge in [0, 0.05) is 16.7 Å². The van der Waals surface area contributed by atoms with Crippen molar-refractivity contribution in [2.45, 2.75) is 5.41 Å². The Labute approximate surface area is 243 Å². The van der Waals surface area contributed by atoms with Crippen LogP contribution in [0.1, 0.15) is 27.8 Å². The highest BCUT2D eigenvalue weighted by Gasteiger charge is 2.51. The first kappa shape index (κ1) is 23.8. The van der Waals surface area contributed by atoms with E-state index in [1.807, 2.05) is 36.4 Å². The minimum absolute atomic E-state index is 0.556. The van der Waals surface area contributed by atoms with Crippen molar-refractivity contribution in [1.82, 2.24) is 0 Å². The second kappa shape index (κ2) is 8.96. The zero-order chi connectivity index (χ0) is 27.6. The van der Waals surface area contributed by atoms with Crippen LogP contribution >= 0.6 is 11.6 Å². The molecule has 0 unspecified atom stereocenters. The minimum atomic E-state index is -0.556. The van der Waals surface area contributed by atoms with Gasteiger partial charge in [0.25, 0.3) is 0 Å². The summed E-state index contributed by atoms with van der Waals surface area (Å²) >= 11 is 6.89. The van der Waals surface area contributed by atoms with Crippen molar-refractivity contribution in [3.63, 3.8) is 0 Å². The lowest BCUT2D eigenvalue weighted by Gasteiger charge is -2.40. The van der Waals surface area contributed by atoms with Gasteiger partial charge in [-0.2, -0.15) is 5.26 Å². The van der Waals surface area contributed by atoms with E-state index in [-0.39, 0.29) is 0 Å². The van der Waals surface area contributed by atoms with Gasteiger partial charge in [-0.25, -0.2) is 0 Å². The predicted octanol–water partition coefficient (Wildman–Crippen LogP) is 10.0. The molecule has 2 aliphatic rings. The quantitative estimate of drug-likeness (QED) is 0.217. The minimum Gasteiger partial charge on any atom is -0.454 e. The summed E-state index contributed by atoms with van der Waals surface area (Å²) < 4.78 is 6.79. The van der Waals surface area contributed by atoms with E-state index >= 15 is 0 Å². The molecule has 1 aliphatic carbocycles. The lowest BCUT2D eigenvalue weighted by Crippen LogP contribution is -2.32. The summed E-state index contributed by atoms with van der Waals surface area (Å²) in [5.41, 5.74) is 11.4. The Balaban J connectivity index is 1.37. The van der Waals surface area contributed by atoms with E-state index in [4.69, 9.17) is 21.6 Å². The predicted molar refractivity (Wildman–Crippen MR) is 164 cm³/mol. The van der Waals surface area contributed by atoms with E-state index in [1.165, 1.54) is 22.3 Å². The second-order valence-electron chi connectivity index (χ2n) is 10.5. The maximum atomic E-state index is 9.15. The van der Waals surface area contributed by atoms with E-state index in [0.29, 0.717) is 16.3 Å². The fourth-order valence-electron chi connectivity index (χ4n) is 6.72. The number of ether oxygens (including phenoxy) is 1. The molecule has 0 amide bonds. The van der Waals surface area contributed by atoms with Crippen LogP contribution in [-0.4, -0.2) is 0 Å². The van der Waals surface area contributed by atoms with Crippen LogP contribution in [0.25, 0.3) is 33.4 Å². The molecule has 1 heterocycles. The van der Waals surface area contributed by atoms with Gasteiger partial charge in [0.05, 0.1) is 22.1 Å². The topological polar surface area (TPSA) is 33.0 Å². The van der Waals surface area contributed by atoms with Gasteiger partial charge >= 0.3 is 0 Å². The number of hydrogen-bond acceptors (Lipinski definition) is 2. The van der Waals surface area contributed by atoms with Crippen molar-refractivity contribution >= 4 is 11.6 Å². The molecule has 0 bridgehead atoms. The number of rotatable bonds is 2. The number of nitriles is 1. The molecular weight excluding hydrogens is 522 g/mol. The van der Waals surface area contributed by atoms with Gasteiger partial charge in [0.1, 0.15) is 5.75 Å². The van der Waals surface area contributed by atoms with Gasteiger partial charge in [-0.3, -0.25) is 0 Å². The molecule has 0 radical (unpaired) electrons. The molecule has 0 N–H and O–H groups in total. The highest BCUT2D eigenvalue weighted by Crippen LogP contribution is 2.63. The SMILES string of the molecule is N#Cc1ccc(-c2ccc(-c3cccc4c3Oc3c(Cl)cccc3C43c4ccccc4-c4ccccc43)cc2)cc1. The number of hydrogen-bond donors (Lipinski definition) is 0. The summed E-state index contributed by atoms with van der Waals surface area (Å²) in [5.74, 6) is 1.53. The first-order chi connectivity index (χ1) is 20.2. The summed E-state index contributed by atoms with van der Waals surface area (Å²) in [4.78, 5) is 0. The number of para-hydroxylation sites is 2. The summed E-state index contributed by atoms with van der Waals surface area (Å²) in [7, 11) is 0. The van der Waals surface area contributed by atoms with Crippen LogP contribution in [0.15, 0.2) is 133 Å². The van der Waals surface area contributed by atoms with Crippen molar-refractivity contribution < 1.29 is 4.74 Å². The van der Waals surface area contributed by atoms with Gasteiger partial charge in [0.15, 0.2) is 5.75 Å². The largest absolute Gasteiger partial charge is 0.454 e. The van der Waals surface area contributed by atoms with Gasteiger partial charge in [-0.1, -0.05) is 127 Å². The molecule has 0 aromatic heterocycles. The van der Waals surface area contributed by atoms with Crippen molar-refractivity contribution in [1.29, 1.82) is 5.26 Å². The fourth-order valence-corrected chi connectivity index (χ4v) is 6.93. The lowest BCUT2D eigenvalue weighted by molar-refractivity contribution is 0.438. The Morgan fingerprint density at radius 2 is 0.976 bits per heavy atom. The summed E-state index contributed by atoms with van der Waals surface area (Å²) in [5, 5.41) is 9.75. The average molecular weight is 544 g/mol. The van der Waals surface area contributed by atoms with Crippen LogP contribution in [0, 0.1) is 11.3 Å². The smallest absolute Gasteiger partial charge is 0.150 e. The van der Waals surface area contributed by atoms with Crippen LogP contribution in [0.4, 0.5) is 0 Å². The molecule has 0 atom stereocenters. The molecule has 0 saturated heterocycles. The molecule has 41 heavy (non-hydrogen) atoms. The Morgan fingerprint density at radius 1 is 0.488 bits per heavy atom. The number of halogens is 1. The highest BCUT2D eigenvalue weighted by molar-refractivity contribution is 6.32. The van der Waals surface area contributed by atoms with Crippen molar-refractivity contribution in [3.05, 3.63) is 166 Å². The number of nitrogens with zero attached hydrogens (tertiary/aromatic N) is 1. The van der Waals surface area contributed by atoms with Gasteiger partial charge in [-0.15, -0.1) is 0 Å². The first-order valence-corrected chi connectivity index (χ1v) is 14.0. The van der Waals surface area contributed by atoms with E-state index in [1.54, 1.807) is 0 Å². The van der Waals surface area contributed by atoms with Crippen molar-refractivity contribution in [2.24, 2.45) is 0 Å². The lowest BCUT2D eigenvalue weighted by atomic mass is 9.65. The molecule has 6 aromatic rings. The Bertz CT molecular complexity index is 1990. The van der Waals surface area contributed by atoms with Crippen LogP contribution in [-0.2, 0) is 5.41 Å². The third-order valence-electron chi connectivity index (χ3n) is 8.49. The normalized spacial score (nSPS) is 13.4. The molecule has 0 saturated carbocycles. The van der Waals surface area contributed by atoms with Crippen LogP contribution < -0.4 is 4.74 Å². The van der Waals surface area contributed by atoms with Gasteiger partial charge in [0.2, 0.25) is 0 Å². The Morgan fingerprint density at radius 3 is 1.61 bits per heavy atom. The summed E-state index contributed by atoms with van der Waals surface area (Å²) in [6, 6.07) is 48.3. The number of fused-ring (bicyclic) bond motifs is 9. The van der Waals surface area contributed by atoms with E-state index in [0.717, 1.165) is 39.1 Å². The maximum Gasteiger partial charge on any atom is 0.150 e. The van der Waals surface area contributed by atoms with Crippen molar-refractivity contribution in [2.75, 3.05) is 0 Å². The maximum absolute atomic E-state index is 9.15. The van der Waals surface area contributed by atoms with Crippen molar-refractivity contribution in [3.8, 4) is 50.9 Å². The van der Waals surface area contributed by atoms with E-state index in [2.05, 4.69) is 103 Å². The fraction of sp³-hybridized carbons (Fsp3) is 0.0263. The van der Waals surface area contributed by atoms with Crippen LogP contribution in [0.2, 0.25) is 5.02 Å². The standard InChI is InChI=1S/C38H22ClNO/c39-35-14-6-13-34-37(35)41-36-28(27-21-19-26(20-22-27)25-17-15-24(23-40)16-18-25)9-5-12-33(36)38(34)31-10-3-1-7-29(31)30-8-2-4-11-32(30)38/h1-22H.